The van der Waals surface area contributed by atoms with Crippen molar-refractivity contribution in [3.05, 3.63) is 41.3 Å². The van der Waals surface area contributed by atoms with Crippen molar-refractivity contribution in [2.75, 3.05) is 6.54 Å². The summed E-state index contributed by atoms with van der Waals surface area (Å²) >= 11 is 0. The Morgan fingerprint density at radius 1 is 1.20 bits per heavy atom. The smallest absolute Gasteiger partial charge is 0.192 e. The molecule has 0 saturated carbocycles. The standard InChI is InChI=1S/C16H26N8.HI/c1-7-8-17-16(19-10-15-21-20-13(4)23(15)5)18-9-14-11(2)22-24(6)12(14)3;/h7H,1,8-10H2,2-6H3,(H2,17,18,19);1H. The van der Waals surface area contributed by atoms with Gasteiger partial charge < -0.3 is 15.2 Å². The predicted molar refractivity (Wildman–Crippen MR) is 110 cm³/mol. The first-order valence-electron chi connectivity index (χ1n) is 7.91. The SMILES string of the molecule is C=CCNC(=NCc1c(C)nn(C)c1C)NCc1nnc(C)n1C.I. The van der Waals surface area contributed by atoms with Crippen molar-refractivity contribution >= 4 is 29.9 Å². The minimum Gasteiger partial charge on any atom is -0.353 e. The van der Waals surface area contributed by atoms with Crippen molar-refractivity contribution < 1.29 is 0 Å². The molecule has 2 aromatic heterocycles. The lowest BCUT2D eigenvalue weighted by atomic mass is 10.2. The summed E-state index contributed by atoms with van der Waals surface area (Å²) in [5, 5.41) is 19.1. The van der Waals surface area contributed by atoms with E-state index in [-0.39, 0.29) is 24.0 Å². The average Bonchev–Trinajstić information content (AvgIpc) is 3.00. The summed E-state index contributed by atoms with van der Waals surface area (Å²) in [6, 6.07) is 0. The third-order valence-corrected chi connectivity index (χ3v) is 4.06. The van der Waals surface area contributed by atoms with E-state index in [2.05, 4.69) is 44.4 Å². The average molecular weight is 458 g/mol. The van der Waals surface area contributed by atoms with Gasteiger partial charge in [0.05, 0.1) is 18.8 Å². The summed E-state index contributed by atoms with van der Waals surface area (Å²) in [7, 11) is 3.89. The number of hydrogen-bond acceptors (Lipinski definition) is 4. The van der Waals surface area contributed by atoms with Crippen molar-refractivity contribution in [1.29, 1.82) is 0 Å². The number of aryl methyl sites for hydroxylation is 3. The molecule has 0 aliphatic heterocycles. The van der Waals surface area contributed by atoms with Crippen LogP contribution in [0.5, 0.6) is 0 Å². The molecule has 0 aliphatic carbocycles. The number of halogens is 1. The first-order valence-corrected chi connectivity index (χ1v) is 7.91. The van der Waals surface area contributed by atoms with E-state index in [1.165, 1.54) is 0 Å². The molecule has 2 heterocycles. The quantitative estimate of drug-likeness (QED) is 0.297. The molecule has 2 rings (SSSR count). The Morgan fingerprint density at radius 2 is 1.92 bits per heavy atom. The third-order valence-electron chi connectivity index (χ3n) is 4.06. The highest BCUT2D eigenvalue weighted by Gasteiger charge is 2.10. The van der Waals surface area contributed by atoms with Gasteiger partial charge in [-0.05, 0) is 20.8 Å². The van der Waals surface area contributed by atoms with E-state index >= 15 is 0 Å². The summed E-state index contributed by atoms with van der Waals surface area (Å²) < 4.78 is 3.83. The lowest BCUT2D eigenvalue weighted by Crippen LogP contribution is -2.37. The number of hydrogen-bond donors (Lipinski definition) is 2. The minimum absolute atomic E-state index is 0. The lowest BCUT2D eigenvalue weighted by molar-refractivity contribution is 0.720. The molecular weight excluding hydrogens is 431 g/mol. The van der Waals surface area contributed by atoms with E-state index in [1.807, 2.05) is 37.2 Å². The lowest BCUT2D eigenvalue weighted by Gasteiger charge is -2.11. The molecule has 0 radical (unpaired) electrons. The second kappa shape index (κ2) is 9.54. The summed E-state index contributed by atoms with van der Waals surface area (Å²) in [6.45, 7) is 11.5. The van der Waals surface area contributed by atoms with E-state index in [0.717, 1.165) is 28.6 Å². The number of rotatable bonds is 6. The van der Waals surface area contributed by atoms with Crippen LogP contribution in [0.3, 0.4) is 0 Å². The van der Waals surface area contributed by atoms with Gasteiger partial charge in [0.15, 0.2) is 11.8 Å². The maximum atomic E-state index is 4.65. The van der Waals surface area contributed by atoms with Crippen LogP contribution in [0.2, 0.25) is 0 Å². The largest absolute Gasteiger partial charge is 0.353 e. The van der Waals surface area contributed by atoms with Crippen LogP contribution in [0.25, 0.3) is 0 Å². The van der Waals surface area contributed by atoms with E-state index in [9.17, 15) is 0 Å². The van der Waals surface area contributed by atoms with Gasteiger partial charge >= 0.3 is 0 Å². The predicted octanol–water partition coefficient (Wildman–Crippen LogP) is 1.51. The zero-order chi connectivity index (χ0) is 17.7. The fourth-order valence-electron chi connectivity index (χ4n) is 2.32. The van der Waals surface area contributed by atoms with Gasteiger partial charge in [-0.25, -0.2) is 4.99 Å². The van der Waals surface area contributed by atoms with E-state index in [1.54, 1.807) is 6.08 Å². The van der Waals surface area contributed by atoms with Crippen LogP contribution in [0.4, 0.5) is 0 Å². The molecule has 2 N–H and O–H groups in total. The molecule has 0 aliphatic rings. The monoisotopic (exact) mass is 458 g/mol. The van der Waals surface area contributed by atoms with Gasteiger partial charge in [0.1, 0.15) is 5.82 Å². The Hall–Kier alpha value is -1.91. The molecule has 25 heavy (non-hydrogen) atoms. The van der Waals surface area contributed by atoms with E-state index in [4.69, 9.17) is 0 Å². The second-order valence-electron chi connectivity index (χ2n) is 5.68. The number of aromatic nitrogens is 5. The number of guanidine groups is 1. The Morgan fingerprint density at radius 3 is 2.44 bits per heavy atom. The van der Waals surface area contributed by atoms with Crippen LogP contribution in [-0.2, 0) is 27.2 Å². The fourth-order valence-corrected chi connectivity index (χ4v) is 2.32. The summed E-state index contributed by atoms with van der Waals surface area (Å²) in [6.07, 6.45) is 1.80. The highest BCUT2D eigenvalue weighted by atomic mass is 127. The van der Waals surface area contributed by atoms with Crippen molar-refractivity contribution in [2.24, 2.45) is 19.1 Å². The molecule has 2 aromatic rings. The highest BCUT2D eigenvalue weighted by Crippen LogP contribution is 2.12. The molecule has 0 bridgehead atoms. The molecule has 0 amide bonds. The number of aliphatic imine (C=N–C) groups is 1. The zero-order valence-corrected chi connectivity index (χ0v) is 17.8. The first-order chi connectivity index (χ1) is 11.4. The molecule has 9 heteroatoms. The van der Waals surface area contributed by atoms with Gasteiger partial charge in [-0.2, -0.15) is 5.10 Å². The van der Waals surface area contributed by atoms with Gasteiger partial charge in [-0.1, -0.05) is 6.08 Å². The number of nitrogens with one attached hydrogen (secondary N) is 2. The molecule has 0 atom stereocenters. The van der Waals surface area contributed by atoms with Gasteiger partial charge in [-0.15, -0.1) is 40.8 Å². The summed E-state index contributed by atoms with van der Waals surface area (Å²) in [4.78, 5) is 4.65. The Kier molecular flexibility index (Phi) is 8.07. The Labute approximate surface area is 165 Å². The maximum Gasteiger partial charge on any atom is 0.192 e. The summed E-state index contributed by atoms with van der Waals surface area (Å²) in [5.41, 5.74) is 3.28. The highest BCUT2D eigenvalue weighted by molar-refractivity contribution is 14.0. The molecule has 0 aromatic carbocycles. The van der Waals surface area contributed by atoms with Gasteiger partial charge in [0.2, 0.25) is 0 Å². The van der Waals surface area contributed by atoms with Gasteiger partial charge in [0.25, 0.3) is 0 Å². The Balaban J connectivity index is 0.00000312. The van der Waals surface area contributed by atoms with Crippen molar-refractivity contribution in [1.82, 2.24) is 35.2 Å². The minimum atomic E-state index is 0. The van der Waals surface area contributed by atoms with Crippen LogP contribution in [0.1, 0.15) is 28.6 Å². The fraction of sp³-hybridized carbons (Fsp3) is 0.500. The molecule has 0 unspecified atom stereocenters. The van der Waals surface area contributed by atoms with Crippen LogP contribution in [0.15, 0.2) is 17.6 Å². The molecule has 0 saturated heterocycles. The third kappa shape index (κ3) is 5.28. The molecule has 0 spiro atoms. The molecule has 0 fully saturated rings. The first kappa shape index (κ1) is 21.1. The van der Waals surface area contributed by atoms with Crippen LogP contribution < -0.4 is 10.6 Å². The van der Waals surface area contributed by atoms with Gasteiger partial charge in [-0.3, -0.25) is 4.68 Å². The summed E-state index contributed by atoms with van der Waals surface area (Å²) in [5.74, 6) is 2.44. The van der Waals surface area contributed by atoms with Crippen LogP contribution >= 0.6 is 24.0 Å². The zero-order valence-electron chi connectivity index (χ0n) is 15.5. The molecule has 8 nitrogen and oxygen atoms in total. The van der Waals surface area contributed by atoms with Gasteiger partial charge in [0, 0.05) is 31.9 Å². The van der Waals surface area contributed by atoms with Crippen molar-refractivity contribution in [2.45, 2.75) is 33.9 Å². The van der Waals surface area contributed by atoms with E-state index in [0.29, 0.717) is 25.6 Å². The van der Waals surface area contributed by atoms with Crippen molar-refractivity contribution in [3.63, 3.8) is 0 Å². The second-order valence-corrected chi connectivity index (χ2v) is 5.68. The normalized spacial score (nSPS) is 11.2. The Bertz CT molecular complexity index is 744. The maximum absolute atomic E-state index is 4.65. The topological polar surface area (TPSA) is 84.9 Å². The van der Waals surface area contributed by atoms with Crippen LogP contribution in [-0.4, -0.2) is 37.0 Å². The molecule has 138 valence electrons. The van der Waals surface area contributed by atoms with Crippen LogP contribution in [0, 0.1) is 20.8 Å². The van der Waals surface area contributed by atoms with E-state index < -0.39 is 0 Å². The van der Waals surface area contributed by atoms with Crippen molar-refractivity contribution in [3.8, 4) is 0 Å². The number of nitrogens with zero attached hydrogens (tertiary/aromatic N) is 6. The molecular formula is C16H27IN8.